The minimum Gasteiger partial charge on any atom is -0.392 e. The molecule has 0 spiro atoms. The zero-order chi connectivity index (χ0) is 16.6. The molecule has 2 aromatic rings. The lowest BCUT2D eigenvalue weighted by molar-refractivity contribution is -0.141. The number of nitrogens with zero attached hydrogens (tertiary/aromatic N) is 2. The number of benzene rings is 1. The molecule has 124 valence electrons. The van der Waals surface area contributed by atoms with Crippen LogP contribution in [0.15, 0.2) is 24.3 Å². The summed E-state index contributed by atoms with van der Waals surface area (Å²) < 4.78 is 13.2. The number of fused-ring (bicyclic) bond motifs is 1. The van der Waals surface area contributed by atoms with Crippen LogP contribution in [0.5, 0.6) is 0 Å². The van der Waals surface area contributed by atoms with Crippen molar-refractivity contribution >= 4 is 16.8 Å². The lowest BCUT2D eigenvalue weighted by atomic mass is 9.93. The number of carbonyl (C=O) groups is 1. The fourth-order valence-electron chi connectivity index (χ4n) is 3.21. The fourth-order valence-corrected chi connectivity index (χ4v) is 3.21. The Labute approximate surface area is 134 Å². The van der Waals surface area contributed by atoms with Gasteiger partial charge in [0.1, 0.15) is 5.82 Å². The monoisotopic (exact) mass is 319 g/mol. The number of H-pyrrole nitrogens is 1. The number of hydrogen-bond donors (Lipinski definition) is 2. The number of likely N-dealkylation sites (tertiary alicyclic amines) is 1. The van der Waals surface area contributed by atoms with Gasteiger partial charge in [0, 0.05) is 36.7 Å². The van der Waals surface area contributed by atoms with E-state index in [-0.39, 0.29) is 17.6 Å². The van der Waals surface area contributed by atoms with Crippen LogP contribution < -0.4 is 0 Å². The molecular weight excluding hydrogens is 297 g/mol. The molecule has 2 heterocycles. The molecule has 0 radical (unpaired) electrons. The van der Waals surface area contributed by atoms with Gasteiger partial charge in [-0.2, -0.15) is 0 Å². The predicted molar refractivity (Wildman–Crippen MR) is 86.3 cm³/mol. The topological polar surface area (TPSA) is 59.6 Å². The van der Waals surface area contributed by atoms with Crippen molar-refractivity contribution in [3.8, 4) is 0 Å². The molecule has 2 N–H and O–H groups in total. The smallest absolute Gasteiger partial charge is 0.229 e. The number of piperidine rings is 1. The van der Waals surface area contributed by atoms with Crippen LogP contribution in [0.3, 0.4) is 0 Å². The number of amides is 1. The van der Waals surface area contributed by atoms with Crippen molar-refractivity contribution < 1.29 is 14.3 Å². The highest BCUT2D eigenvalue weighted by atomic mass is 19.1. The van der Waals surface area contributed by atoms with Gasteiger partial charge in [0.25, 0.3) is 0 Å². The van der Waals surface area contributed by atoms with E-state index in [2.05, 4.69) is 9.88 Å². The third-order valence-corrected chi connectivity index (χ3v) is 4.52. The second kappa shape index (κ2) is 6.29. The van der Waals surface area contributed by atoms with E-state index < -0.39 is 6.10 Å². The molecule has 6 heteroatoms. The van der Waals surface area contributed by atoms with Crippen LogP contribution in [-0.2, 0) is 11.3 Å². The first-order chi connectivity index (χ1) is 10.9. The van der Waals surface area contributed by atoms with Crippen molar-refractivity contribution in [2.24, 2.45) is 5.92 Å². The van der Waals surface area contributed by atoms with Gasteiger partial charge in [-0.1, -0.05) is 0 Å². The first kappa shape index (κ1) is 16.0. The summed E-state index contributed by atoms with van der Waals surface area (Å²) in [6.07, 6.45) is 0.0322. The molecule has 1 aliphatic rings. The minimum absolute atomic E-state index is 0.0612. The van der Waals surface area contributed by atoms with Gasteiger partial charge >= 0.3 is 0 Å². The Morgan fingerprint density at radius 2 is 2.26 bits per heavy atom. The Hall–Kier alpha value is -1.92. The van der Waals surface area contributed by atoms with E-state index in [1.54, 1.807) is 18.0 Å². The molecule has 1 saturated heterocycles. The molecule has 23 heavy (non-hydrogen) atoms. The number of hydrogen-bond acceptors (Lipinski definition) is 3. The van der Waals surface area contributed by atoms with Crippen molar-refractivity contribution in [3.05, 3.63) is 35.8 Å². The molecule has 1 aliphatic heterocycles. The van der Waals surface area contributed by atoms with Gasteiger partial charge in [0.2, 0.25) is 5.91 Å². The van der Waals surface area contributed by atoms with E-state index in [9.17, 15) is 14.3 Å². The van der Waals surface area contributed by atoms with E-state index in [4.69, 9.17) is 0 Å². The molecule has 1 fully saturated rings. The van der Waals surface area contributed by atoms with E-state index in [0.29, 0.717) is 19.5 Å². The number of aromatic amines is 1. The van der Waals surface area contributed by atoms with Crippen LogP contribution in [-0.4, -0.2) is 59.1 Å². The summed E-state index contributed by atoms with van der Waals surface area (Å²) in [4.78, 5) is 19.5. The maximum Gasteiger partial charge on any atom is 0.229 e. The minimum atomic E-state index is -0.585. The summed E-state index contributed by atoms with van der Waals surface area (Å²) in [6, 6.07) is 6.42. The predicted octanol–water partition coefficient (Wildman–Crippen LogP) is 1.58. The molecule has 0 bridgehead atoms. The van der Waals surface area contributed by atoms with E-state index in [1.807, 2.05) is 13.1 Å². The van der Waals surface area contributed by atoms with Crippen molar-refractivity contribution in [2.75, 3.05) is 27.2 Å². The van der Waals surface area contributed by atoms with E-state index in [0.717, 1.165) is 23.1 Å². The lowest BCUT2D eigenvalue weighted by Crippen LogP contribution is -2.48. The van der Waals surface area contributed by atoms with Crippen molar-refractivity contribution in [2.45, 2.75) is 19.1 Å². The van der Waals surface area contributed by atoms with Gasteiger partial charge in [-0.15, -0.1) is 0 Å². The Kier molecular flexibility index (Phi) is 4.37. The highest BCUT2D eigenvalue weighted by Gasteiger charge is 2.33. The second-order valence-electron chi connectivity index (χ2n) is 6.45. The number of aliphatic hydroxyl groups excluding tert-OH is 1. The third-order valence-electron chi connectivity index (χ3n) is 4.52. The summed E-state index contributed by atoms with van der Waals surface area (Å²) in [5.41, 5.74) is 1.69. The van der Waals surface area contributed by atoms with Gasteiger partial charge < -0.3 is 19.9 Å². The Morgan fingerprint density at radius 1 is 1.48 bits per heavy atom. The molecule has 1 aromatic carbocycles. The molecule has 1 amide bonds. The summed E-state index contributed by atoms with van der Waals surface area (Å²) in [7, 11) is 3.69. The highest BCUT2D eigenvalue weighted by molar-refractivity contribution is 5.81. The normalized spacial score (nSPS) is 22.4. The van der Waals surface area contributed by atoms with Crippen molar-refractivity contribution in [3.63, 3.8) is 0 Å². The summed E-state index contributed by atoms with van der Waals surface area (Å²) >= 11 is 0. The average Bonchev–Trinajstić information content (AvgIpc) is 2.90. The molecule has 2 atom stereocenters. The molecule has 0 saturated carbocycles. The van der Waals surface area contributed by atoms with Crippen LogP contribution in [0, 0.1) is 11.7 Å². The van der Waals surface area contributed by atoms with Gasteiger partial charge in [-0.05, 0) is 37.7 Å². The maximum absolute atomic E-state index is 13.2. The molecule has 1 aromatic heterocycles. The third kappa shape index (κ3) is 3.38. The van der Waals surface area contributed by atoms with Crippen LogP contribution in [0.4, 0.5) is 4.39 Å². The molecule has 3 rings (SSSR count). The Morgan fingerprint density at radius 3 is 3.04 bits per heavy atom. The molecular formula is C17H22FN3O2. The number of carbonyl (C=O) groups excluding carboxylic acids is 1. The molecule has 0 unspecified atom stereocenters. The lowest BCUT2D eigenvalue weighted by Gasteiger charge is -2.35. The van der Waals surface area contributed by atoms with Gasteiger partial charge in [-0.3, -0.25) is 4.79 Å². The summed E-state index contributed by atoms with van der Waals surface area (Å²) in [5, 5.41) is 10.9. The van der Waals surface area contributed by atoms with E-state index >= 15 is 0 Å². The van der Waals surface area contributed by atoms with Crippen LogP contribution in [0.2, 0.25) is 0 Å². The Balaban J connectivity index is 1.71. The number of aromatic nitrogens is 1. The standard InChI is InChI=1S/C17H22FN3O2/c1-20-6-5-16(22)14(10-20)17(23)21(2)9-13-8-11-7-12(18)3-4-15(11)19-13/h3-4,7-8,14,16,19,22H,5-6,9-10H2,1-2H3/t14-,16-/m1/s1. The van der Waals surface area contributed by atoms with Crippen molar-refractivity contribution in [1.82, 2.24) is 14.8 Å². The number of halogens is 1. The zero-order valence-corrected chi connectivity index (χ0v) is 13.4. The number of nitrogens with one attached hydrogen (secondary N) is 1. The Bertz CT molecular complexity index is 715. The van der Waals surface area contributed by atoms with Gasteiger partial charge in [0.05, 0.1) is 18.6 Å². The largest absolute Gasteiger partial charge is 0.392 e. The van der Waals surface area contributed by atoms with Gasteiger partial charge in [0.15, 0.2) is 0 Å². The highest BCUT2D eigenvalue weighted by Crippen LogP contribution is 2.21. The van der Waals surface area contributed by atoms with Gasteiger partial charge in [-0.25, -0.2) is 4.39 Å². The molecule has 5 nitrogen and oxygen atoms in total. The summed E-state index contributed by atoms with van der Waals surface area (Å²) in [5.74, 6) is -0.727. The number of rotatable bonds is 3. The SMILES string of the molecule is CN1CC[C@@H](O)[C@H](C(=O)N(C)Cc2cc3cc(F)ccc3[nH]2)C1. The first-order valence-electron chi connectivity index (χ1n) is 7.83. The van der Waals surface area contributed by atoms with Crippen LogP contribution in [0.25, 0.3) is 10.9 Å². The quantitative estimate of drug-likeness (QED) is 0.903. The number of aliphatic hydroxyl groups is 1. The summed E-state index contributed by atoms with van der Waals surface area (Å²) in [6.45, 7) is 1.78. The molecule has 0 aliphatic carbocycles. The first-order valence-corrected chi connectivity index (χ1v) is 7.83. The van der Waals surface area contributed by atoms with Crippen LogP contribution in [0.1, 0.15) is 12.1 Å². The maximum atomic E-state index is 13.2. The van der Waals surface area contributed by atoms with E-state index in [1.165, 1.54) is 12.1 Å². The average molecular weight is 319 g/mol. The van der Waals surface area contributed by atoms with Crippen LogP contribution >= 0.6 is 0 Å². The zero-order valence-electron chi connectivity index (χ0n) is 13.4. The van der Waals surface area contributed by atoms with Crippen molar-refractivity contribution in [1.29, 1.82) is 0 Å². The second-order valence-corrected chi connectivity index (χ2v) is 6.45. The fraction of sp³-hybridized carbons (Fsp3) is 0.471.